The zero-order valence-corrected chi connectivity index (χ0v) is 13.6. The predicted octanol–water partition coefficient (Wildman–Crippen LogP) is 0.396. The zero-order chi connectivity index (χ0) is 16.0. The number of hydrogen-bond acceptors (Lipinski definition) is 4. The molecule has 120 valence electrons. The van der Waals surface area contributed by atoms with Crippen LogP contribution in [0.25, 0.3) is 11.2 Å². The lowest BCUT2D eigenvalue weighted by Crippen LogP contribution is -2.39. The van der Waals surface area contributed by atoms with E-state index in [0.717, 1.165) is 25.3 Å². The first-order valence-corrected chi connectivity index (χ1v) is 7.81. The molecule has 0 aliphatic carbocycles. The highest BCUT2D eigenvalue weighted by Gasteiger charge is 2.25. The lowest BCUT2D eigenvalue weighted by atomic mass is 10.2. The number of hydrogen-bond donors (Lipinski definition) is 1. The summed E-state index contributed by atoms with van der Waals surface area (Å²) in [5.74, 6) is 1.10. The van der Waals surface area contributed by atoms with E-state index in [-0.39, 0.29) is 17.3 Å². The lowest BCUT2D eigenvalue weighted by molar-refractivity contribution is 0.498. The molecular formula is C15H23N5O2. The number of aromatic nitrogens is 4. The fourth-order valence-corrected chi connectivity index (χ4v) is 3.27. The molecule has 7 heteroatoms. The van der Waals surface area contributed by atoms with Gasteiger partial charge in [0.15, 0.2) is 11.2 Å². The molecule has 2 aromatic rings. The number of fused-ring (bicyclic) bond motifs is 1. The SMILES string of the molecule is Cc1nc2c(c(=O)n(C)c(=O)n2CC(C)C)n1C1CCNC1. The van der Waals surface area contributed by atoms with Crippen LogP contribution in [-0.4, -0.2) is 31.8 Å². The maximum atomic E-state index is 12.6. The number of nitrogens with zero attached hydrogens (tertiary/aromatic N) is 4. The van der Waals surface area contributed by atoms with Gasteiger partial charge in [-0.15, -0.1) is 0 Å². The van der Waals surface area contributed by atoms with Gasteiger partial charge in [0.25, 0.3) is 5.56 Å². The standard InChI is InChI=1S/C15H23N5O2/c1-9(2)8-19-13-12(14(21)18(4)15(19)22)20(10(3)17-13)11-5-6-16-7-11/h9,11,16H,5-8H2,1-4H3. The maximum absolute atomic E-state index is 12.6. The van der Waals surface area contributed by atoms with Crippen LogP contribution in [0.3, 0.4) is 0 Å². The molecule has 0 amide bonds. The Bertz CT molecular complexity index is 821. The third-order valence-corrected chi connectivity index (χ3v) is 4.30. The molecule has 0 spiro atoms. The van der Waals surface area contributed by atoms with E-state index in [0.29, 0.717) is 23.6 Å². The van der Waals surface area contributed by atoms with Gasteiger partial charge < -0.3 is 9.88 Å². The van der Waals surface area contributed by atoms with Crippen molar-refractivity contribution < 1.29 is 0 Å². The first-order chi connectivity index (χ1) is 10.4. The lowest BCUT2D eigenvalue weighted by Gasteiger charge is -2.15. The van der Waals surface area contributed by atoms with E-state index in [1.807, 2.05) is 25.3 Å². The second-order valence-electron chi connectivity index (χ2n) is 6.50. The smallest absolute Gasteiger partial charge is 0.318 e. The van der Waals surface area contributed by atoms with Crippen molar-refractivity contribution >= 4 is 11.2 Å². The highest BCUT2D eigenvalue weighted by molar-refractivity contribution is 5.71. The Morgan fingerprint density at radius 3 is 2.68 bits per heavy atom. The average molecular weight is 305 g/mol. The zero-order valence-electron chi connectivity index (χ0n) is 13.6. The fraction of sp³-hybridized carbons (Fsp3) is 0.667. The van der Waals surface area contributed by atoms with Crippen LogP contribution >= 0.6 is 0 Å². The molecule has 0 saturated carbocycles. The molecule has 2 aromatic heterocycles. The molecule has 1 aliphatic rings. The van der Waals surface area contributed by atoms with Gasteiger partial charge in [0, 0.05) is 26.2 Å². The van der Waals surface area contributed by atoms with Crippen LogP contribution in [0, 0.1) is 12.8 Å². The van der Waals surface area contributed by atoms with E-state index in [1.54, 1.807) is 11.6 Å². The van der Waals surface area contributed by atoms with Crippen molar-refractivity contribution in [3.05, 3.63) is 26.7 Å². The van der Waals surface area contributed by atoms with Crippen molar-refractivity contribution in [3.8, 4) is 0 Å². The molecule has 1 unspecified atom stereocenters. The number of imidazole rings is 1. The Kier molecular flexibility index (Phi) is 3.68. The summed E-state index contributed by atoms with van der Waals surface area (Å²) in [6.07, 6.45) is 0.971. The molecule has 1 fully saturated rings. The quantitative estimate of drug-likeness (QED) is 0.890. The Labute approximate surface area is 128 Å². The third-order valence-electron chi connectivity index (χ3n) is 4.30. The first kappa shape index (κ1) is 15.0. The Morgan fingerprint density at radius 2 is 2.09 bits per heavy atom. The van der Waals surface area contributed by atoms with Crippen LogP contribution < -0.4 is 16.6 Å². The molecule has 1 aliphatic heterocycles. The van der Waals surface area contributed by atoms with Gasteiger partial charge in [-0.3, -0.25) is 13.9 Å². The third kappa shape index (κ3) is 2.20. The number of aryl methyl sites for hydroxylation is 1. The Morgan fingerprint density at radius 1 is 1.36 bits per heavy atom. The molecule has 1 saturated heterocycles. The van der Waals surface area contributed by atoms with Crippen molar-refractivity contribution in [2.75, 3.05) is 13.1 Å². The van der Waals surface area contributed by atoms with E-state index in [4.69, 9.17) is 0 Å². The van der Waals surface area contributed by atoms with Gasteiger partial charge in [-0.2, -0.15) is 0 Å². The minimum absolute atomic E-state index is 0.225. The van der Waals surface area contributed by atoms with Crippen LogP contribution in [0.5, 0.6) is 0 Å². The van der Waals surface area contributed by atoms with Gasteiger partial charge in [0.05, 0.1) is 0 Å². The first-order valence-electron chi connectivity index (χ1n) is 7.81. The Balaban J connectivity index is 2.36. The van der Waals surface area contributed by atoms with Crippen LogP contribution in [0.2, 0.25) is 0 Å². The molecule has 3 rings (SSSR count). The van der Waals surface area contributed by atoms with Crippen molar-refractivity contribution in [1.82, 2.24) is 24.0 Å². The van der Waals surface area contributed by atoms with Crippen molar-refractivity contribution in [3.63, 3.8) is 0 Å². The topological polar surface area (TPSA) is 73.8 Å². The van der Waals surface area contributed by atoms with Crippen LogP contribution in [-0.2, 0) is 13.6 Å². The summed E-state index contributed by atoms with van der Waals surface area (Å²) >= 11 is 0. The predicted molar refractivity (Wildman–Crippen MR) is 85.3 cm³/mol. The second-order valence-corrected chi connectivity index (χ2v) is 6.50. The molecule has 22 heavy (non-hydrogen) atoms. The summed E-state index contributed by atoms with van der Waals surface area (Å²) in [6.45, 7) is 8.33. The summed E-state index contributed by atoms with van der Waals surface area (Å²) < 4.78 is 4.84. The van der Waals surface area contributed by atoms with Crippen LogP contribution in [0.15, 0.2) is 9.59 Å². The van der Waals surface area contributed by atoms with Crippen molar-refractivity contribution in [1.29, 1.82) is 0 Å². The summed E-state index contributed by atoms with van der Waals surface area (Å²) in [7, 11) is 1.54. The van der Waals surface area contributed by atoms with Gasteiger partial charge in [0.1, 0.15) is 5.82 Å². The second kappa shape index (κ2) is 5.39. The molecule has 1 N–H and O–H groups in total. The van der Waals surface area contributed by atoms with E-state index in [1.165, 1.54) is 4.57 Å². The van der Waals surface area contributed by atoms with E-state index >= 15 is 0 Å². The monoisotopic (exact) mass is 305 g/mol. The van der Waals surface area contributed by atoms with E-state index in [9.17, 15) is 9.59 Å². The number of nitrogens with one attached hydrogen (secondary N) is 1. The average Bonchev–Trinajstić information content (AvgIpc) is 3.08. The Hall–Kier alpha value is -1.89. The van der Waals surface area contributed by atoms with E-state index in [2.05, 4.69) is 10.3 Å². The highest BCUT2D eigenvalue weighted by atomic mass is 16.2. The van der Waals surface area contributed by atoms with Gasteiger partial charge in [-0.25, -0.2) is 9.78 Å². The minimum Gasteiger partial charge on any atom is -0.318 e. The summed E-state index contributed by atoms with van der Waals surface area (Å²) in [4.78, 5) is 29.6. The molecule has 7 nitrogen and oxygen atoms in total. The van der Waals surface area contributed by atoms with Crippen molar-refractivity contribution in [2.45, 2.75) is 39.8 Å². The fourth-order valence-electron chi connectivity index (χ4n) is 3.27. The van der Waals surface area contributed by atoms with Gasteiger partial charge in [-0.1, -0.05) is 13.8 Å². The van der Waals surface area contributed by atoms with Crippen LogP contribution in [0.1, 0.15) is 32.1 Å². The molecular weight excluding hydrogens is 282 g/mol. The molecule has 0 bridgehead atoms. The molecule has 3 heterocycles. The summed E-state index contributed by atoms with van der Waals surface area (Å²) in [6, 6.07) is 0.225. The summed E-state index contributed by atoms with van der Waals surface area (Å²) in [5.41, 5.74) is 0.521. The molecule has 0 radical (unpaired) electrons. The van der Waals surface area contributed by atoms with Crippen molar-refractivity contribution in [2.24, 2.45) is 13.0 Å². The van der Waals surface area contributed by atoms with Crippen LogP contribution in [0.4, 0.5) is 0 Å². The molecule has 1 atom stereocenters. The molecule has 0 aromatic carbocycles. The number of rotatable bonds is 3. The van der Waals surface area contributed by atoms with Gasteiger partial charge in [-0.05, 0) is 25.8 Å². The highest BCUT2D eigenvalue weighted by Crippen LogP contribution is 2.22. The summed E-state index contributed by atoms with van der Waals surface area (Å²) in [5, 5.41) is 3.32. The van der Waals surface area contributed by atoms with Gasteiger partial charge in [0.2, 0.25) is 0 Å². The van der Waals surface area contributed by atoms with E-state index < -0.39 is 0 Å². The normalized spacial score (nSPS) is 18.7. The largest absolute Gasteiger partial charge is 0.332 e. The van der Waals surface area contributed by atoms with Gasteiger partial charge >= 0.3 is 5.69 Å². The maximum Gasteiger partial charge on any atom is 0.332 e. The minimum atomic E-state index is -0.291.